The Balaban J connectivity index is 1.40. The number of anilines is 1. The maximum atomic E-state index is 13.5. The molecule has 6 nitrogen and oxygen atoms in total. The summed E-state index contributed by atoms with van der Waals surface area (Å²) < 4.78 is 54.3. The molecule has 3 aliphatic heterocycles. The minimum Gasteiger partial charge on any atom is -0.325 e. The Bertz CT molecular complexity index is 1140. The van der Waals surface area contributed by atoms with E-state index < -0.39 is 16.4 Å². The fraction of sp³-hybridized carbons (Fsp3) is 0.458. The average Bonchev–Trinajstić information content (AvgIpc) is 3.47. The van der Waals surface area contributed by atoms with Gasteiger partial charge in [0.25, 0.3) is 16.4 Å². The molecule has 0 radical (unpaired) electrons. The molecule has 33 heavy (non-hydrogen) atoms. The lowest BCUT2D eigenvalue weighted by molar-refractivity contribution is 0.134. The van der Waals surface area contributed by atoms with Gasteiger partial charge in [0.1, 0.15) is 0 Å². The monoisotopic (exact) mass is 475 g/mol. The Morgan fingerprint density at radius 1 is 0.879 bits per heavy atom. The smallest absolute Gasteiger partial charge is 0.319 e. The number of carbonyl (C=O) groups excluding carboxylic acids is 1. The predicted molar refractivity (Wildman–Crippen MR) is 121 cm³/mol. The zero-order chi connectivity index (χ0) is 23.2. The van der Waals surface area contributed by atoms with Gasteiger partial charge in [0, 0.05) is 43.7 Å². The number of urea groups is 1. The molecule has 0 atom stereocenters. The van der Waals surface area contributed by atoms with E-state index in [9.17, 15) is 22.0 Å². The van der Waals surface area contributed by atoms with Gasteiger partial charge >= 0.3 is 6.03 Å². The molecule has 0 saturated carbocycles. The quantitative estimate of drug-likeness (QED) is 0.662. The number of fused-ring (bicyclic) bond motifs is 2. The summed E-state index contributed by atoms with van der Waals surface area (Å²) in [6, 6.07) is 12.4. The van der Waals surface area contributed by atoms with Crippen molar-refractivity contribution in [2.24, 2.45) is 0 Å². The molecule has 2 fully saturated rings. The van der Waals surface area contributed by atoms with Crippen molar-refractivity contribution in [1.82, 2.24) is 9.80 Å². The molecule has 3 aliphatic rings. The summed E-state index contributed by atoms with van der Waals surface area (Å²) in [5.41, 5.74) is 1.04. The topological polar surface area (TPSA) is 60.9 Å². The molecule has 2 amide bonds. The van der Waals surface area contributed by atoms with Crippen molar-refractivity contribution in [3.8, 4) is 0 Å². The molecule has 0 aliphatic carbocycles. The van der Waals surface area contributed by atoms with E-state index in [4.69, 9.17) is 0 Å². The van der Waals surface area contributed by atoms with Gasteiger partial charge in [-0.3, -0.25) is 4.31 Å². The van der Waals surface area contributed by atoms with Gasteiger partial charge in [0.2, 0.25) is 0 Å². The number of para-hydroxylation sites is 1. The molecule has 0 bridgehead atoms. The predicted octanol–water partition coefficient (Wildman–Crippen LogP) is 4.38. The van der Waals surface area contributed by atoms with Crippen molar-refractivity contribution in [3.05, 3.63) is 59.7 Å². The van der Waals surface area contributed by atoms with Crippen molar-refractivity contribution in [1.29, 1.82) is 0 Å². The molecule has 9 heteroatoms. The van der Waals surface area contributed by atoms with Gasteiger partial charge < -0.3 is 9.80 Å². The zero-order valence-corrected chi connectivity index (χ0v) is 19.1. The second-order valence-corrected chi connectivity index (χ2v) is 11.0. The number of likely N-dealkylation sites (tertiary alicyclic amines) is 2. The molecule has 0 N–H and O–H groups in total. The van der Waals surface area contributed by atoms with Crippen LogP contribution in [0.4, 0.5) is 19.3 Å². The number of nitrogens with zero attached hydrogens (tertiary/aromatic N) is 3. The number of rotatable bonds is 3. The molecule has 0 aromatic heterocycles. The fourth-order valence-corrected chi connectivity index (χ4v) is 6.94. The molecule has 176 valence electrons. The molecular formula is C24H27F2N3O3S. The van der Waals surface area contributed by atoms with Gasteiger partial charge in [-0.25, -0.2) is 22.0 Å². The summed E-state index contributed by atoms with van der Waals surface area (Å²) in [5.74, 6) is 0. The lowest BCUT2D eigenvalue weighted by atomic mass is 9.74. The lowest BCUT2D eigenvalue weighted by Gasteiger charge is -2.41. The third-order valence-electron chi connectivity index (χ3n) is 7.28. The van der Waals surface area contributed by atoms with Crippen molar-refractivity contribution < 1.29 is 22.0 Å². The summed E-state index contributed by atoms with van der Waals surface area (Å²) in [7, 11) is -3.91. The van der Waals surface area contributed by atoms with Gasteiger partial charge in [-0.2, -0.15) is 0 Å². The summed E-state index contributed by atoms with van der Waals surface area (Å²) in [6.45, 7) is 3.07. The number of sulfonamides is 1. The highest BCUT2D eigenvalue weighted by molar-refractivity contribution is 7.92. The largest absolute Gasteiger partial charge is 0.325 e. The van der Waals surface area contributed by atoms with Crippen LogP contribution >= 0.6 is 0 Å². The van der Waals surface area contributed by atoms with Crippen LogP contribution in [0.2, 0.25) is 0 Å². The van der Waals surface area contributed by atoms with Crippen LogP contribution in [0.3, 0.4) is 0 Å². The van der Waals surface area contributed by atoms with E-state index >= 15 is 0 Å². The number of hydrogen-bond donors (Lipinski definition) is 0. The van der Waals surface area contributed by atoms with Crippen LogP contribution in [0.15, 0.2) is 53.4 Å². The Morgan fingerprint density at radius 3 is 2.12 bits per heavy atom. The zero-order valence-electron chi connectivity index (χ0n) is 18.3. The first-order valence-electron chi connectivity index (χ1n) is 11.4. The van der Waals surface area contributed by atoms with E-state index in [0.717, 1.165) is 43.6 Å². The Morgan fingerprint density at radius 2 is 1.48 bits per heavy atom. The van der Waals surface area contributed by atoms with E-state index in [-0.39, 0.29) is 28.4 Å². The van der Waals surface area contributed by atoms with Gasteiger partial charge in [-0.05, 0) is 49.4 Å². The number of amides is 2. The highest BCUT2D eigenvalue weighted by Crippen LogP contribution is 2.48. The van der Waals surface area contributed by atoms with E-state index in [1.165, 1.54) is 16.4 Å². The van der Waals surface area contributed by atoms with E-state index in [1.807, 2.05) is 28.0 Å². The molecule has 2 aromatic carbocycles. The molecule has 5 rings (SSSR count). The fourth-order valence-electron chi connectivity index (χ4n) is 5.37. The van der Waals surface area contributed by atoms with Crippen LogP contribution in [0.25, 0.3) is 0 Å². The molecule has 2 aromatic rings. The molecular weight excluding hydrogens is 448 g/mol. The second kappa shape index (κ2) is 8.27. The number of halogens is 2. The van der Waals surface area contributed by atoms with Gasteiger partial charge in [0.15, 0.2) is 0 Å². The molecule has 3 heterocycles. The number of piperidine rings is 1. The van der Waals surface area contributed by atoms with Crippen LogP contribution in [0.1, 0.15) is 43.2 Å². The first-order valence-corrected chi connectivity index (χ1v) is 12.8. The van der Waals surface area contributed by atoms with Crippen LogP contribution < -0.4 is 4.31 Å². The van der Waals surface area contributed by atoms with Crippen molar-refractivity contribution in [2.75, 3.05) is 37.0 Å². The maximum Gasteiger partial charge on any atom is 0.319 e. The standard InChI is InChI=1S/C24H27F2N3O3S/c25-22(26)18-7-9-19(10-8-18)33(31,32)29-17-24(20-5-1-2-6-21(20)29)11-15-28(16-12-24)23(30)27-13-3-4-14-27/h1-2,5-10,22H,3-4,11-17H2. The van der Waals surface area contributed by atoms with Crippen molar-refractivity contribution in [2.45, 2.75) is 42.4 Å². The number of alkyl halides is 2. The van der Waals surface area contributed by atoms with Crippen LogP contribution in [0.5, 0.6) is 0 Å². The van der Waals surface area contributed by atoms with E-state index in [2.05, 4.69) is 0 Å². The summed E-state index contributed by atoms with van der Waals surface area (Å²) in [4.78, 5) is 16.6. The second-order valence-electron chi connectivity index (χ2n) is 9.14. The minimum absolute atomic E-state index is 0.000371. The van der Waals surface area contributed by atoms with Gasteiger partial charge in [-0.15, -0.1) is 0 Å². The Kier molecular flexibility index (Phi) is 5.55. The van der Waals surface area contributed by atoms with Gasteiger partial charge in [-0.1, -0.05) is 30.3 Å². The van der Waals surface area contributed by atoms with E-state index in [0.29, 0.717) is 31.6 Å². The minimum atomic E-state index is -3.91. The highest BCUT2D eigenvalue weighted by atomic mass is 32.2. The SMILES string of the molecule is O=C(N1CCCC1)N1CCC2(CC1)CN(S(=O)(=O)c1ccc(C(F)F)cc1)c1ccccc12. The average molecular weight is 476 g/mol. The molecule has 2 saturated heterocycles. The third-order valence-corrected chi connectivity index (χ3v) is 9.05. The summed E-state index contributed by atoms with van der Waals surface area (Å²) in [6.07, 6.45) is 0.801. The maximum absolute atomic E-state index is 13.5. The normalized spacial score (nSPS) is 20.0. The van der Waals surface area contributed by atoms with E-state index in [1.54, 1.807) is 6.07 Å². The first-order chi connectivity index (χ1) is 15.8. The van der Waals surface area contributed by atoms with Crippen LogP contribution in [-0.2, 0) is 15.4 Å². The Hall–Kier alpha value is -2.68. The number of hydrogen-bond acceptors (Lipinski definition) is 3. The molecule has 0 unspecified atom stereocenters. The highest BCUT2D eigenvalue weighted by Gasteiger charge is 2.48. The van der Waals surface area contributed by atoms with Crippen LogP contribution in [-0.4, -0.2) is 57.0 Å². The number of benzene rings is 2. The number of carbonyl (C=O) groups is 1. The Labute approximate surface area is 192 Å². The summed E-state index contributed by atoms with van der Waals surface area (Å²) >= 11 is 0. The van der Waals surface area contributed by atoms with Crippen molar-refractivity contribution in [3.63, 3.8) is 0 Å². The third kappa shape index (κ3) is 3.76. The summed E-state index contributed by atoms with van der Waals surface area (Å²) in [5, 5.41) is 0. The molecule has 1 spiro atoms. The van der Waals surface area contributed by atoms with Crippen LogP contribution in [0, 0.1) is 0 Å². The lowest BCUT2D eigenvalue weighted by Crippen LogP contribution is -2.51. The van der Waals surface area contributed by atoms with Crippen molar-refractivity contribution >= 4 is 21.7 Å². The first kappa shape index (κ1) is 22.1. The van der Waals surface area contributed by atoms with Gasteiger partial charge in [0.05, 0.1) is 10.6 Å².